The van der Waals surface area contributed by atoms with Crippen molar-refractivity contribution in [2.75, 3.05) is 0 Å². The van der Waals surface area contributed by atoms with E-state index in [0.29, 0.717) is 0 Å². The van der Waals surface area contributed by atoms with Gasteiger partial charge in [0.1, 0.15) is 0 Å². The zero-order valence-electron chi connectivity index (χ0n) is 11.2. The third kappa shape index (κ3) is 4.37. The molecule has 0 radical (unpaired) electrons. The lowest BCUT2D eigenvalue weighted by Crippen LogP contribution is -2.00. The lowest BCUT2D eigenvalue weighted by Gasteiger charge is -2.11. The van der Waals surface area contributed by atoms with Crippen molar-refractivity contribution in [2.45, 2.75) is 32.6 Å². The number of hydrogen-bond acceptors (Lipinski definition) is 0. The van der Waals surface area contributed by atoms with Crippen LogP contribution in [0.1, 0.15) is 30.9 Å². The molecule has 0 spiro atoms. The Kier molecular flexibility index (Phi) is 5.01. The van der Waals surface area contributed by atoms with E-state index in [9.17, 15) is 0 Å². The van der Waals surface area contributed by atoms with Gasteiger partial charge in [0.15, 0.2) is 0 Å². The highest BCUT2D eigenvalue weighted by Gasteiger charge is 2.03. The predicted molar refractivity (Wildman–Crippen MR) is 78.7 cm³/mol. The van der Waals surface area contributed by atoms with Crippen molar-refractivity contribution in [3.8, 4) is 0 Å². The SMILES string of the molecule is CC(CCCc1ccccc1)Cc1ccccc1. The summed E-state index contributed by atoms with van der Waals surface area (Å²) < 4.78 is 0. The van der Waals surface area contributed by atoms with Crippen molar-refractivity contribution >= 4 is 0 Å². The fraction of sp³-hybridized carbons (Fsp3) is 0.333. The van der Waals surface area contributed by atoms with E-state index in [4.69, 9.17) is 0 Å². The van der Waals surface area contributed by atoms with Crippen LogP contribution in [-0.4, -0.2) is 0 Å². The van der Waals surface area contributed by atoms with Crippen LogP contribution in [0.15, 0.2) is 60.7 Å². The molecule has 0 aliphatic carbocycles. The minimum atomic E-state index is 0.774. The summed E-state index contributed by atoms with van der Waals surface area (Å²) in [5, 5.41) is 0. The van der Waals surface area contributed by atoms with E-state index in [0.717, 1.165) is 5.92 Å². The minimum absolute atomic E-state index is 0.774. The van der Waals surface area contributed by atoms with Crippen LogP contribution >= 0.6 is 0 Å². The van der Waals surface area contributed by atoms with Crippen molar-refractivity contribution in [3.05, 3.63) is 71.8 Å². The fourth-order valence-corrected chi connectivity index (χ4v) is 2.42. The van der Waals surface area contributed by atoms with Gasteiger partial charge in [0.2, 0.25) is 0 Å². The Hall–Kier alpha value is -1.56. The maximum absolute atomic E-state index is 2.36. The highest BCUT2D eigenvalue weighted by molar-refractivity contribution is 5.16. The van der Waals surface area contributed by atoms with E-state index < -0.39 is 0 Å². The summed E-state index contributed by atoms with van der Waals surface area (Å²) in [6, 6.07) is 21.6. The van der Waals surface area contributed by atoms with E-state index in [1.807, 2.05) is 0 Å². The Bertz CT molecular complexity index is 430. The van der Waals surface area contributed by atoms with Crippen LogP contribution in [0.25, 0.3) is 0 Å². The van der Waals surface area contributed by atoms with Crippen LogP contribution in [0.3, 0.4) is 0 Å². The van der Waals surface area contributed by atoms with E-state index in [2.05, 4.69) is 67.6 Å². The second-order valence-corrected chi connectivity index (χ2v) is 5.17. The number of benzene rings is 2. The van der Waals surface area contributed by atoms with E-state index in [1.54, 1.807) is 0 Å². The first-order valence-electron chi connectivity index (χ1n) is 6.92. The summed E-state index contributed by atoms with van der Waals surface area (Å²) in [7, 11) is 0. The number of hydrogen-bond donors (Lipinski definition) is 0. The zero-order valence-corrected chi connectivity index (χ0v) is 11.2. The molecule has 1 unspecified atom stereocenters. The molecule has 0 saturated carbocycles. The average molecular weight is 238 g/mol. The molecule has 0 aromatic heterocycles. The van der Waals surface area contributed by atoms with Crippen molar-refractivity contribution in [3.63, 3.8) is 0 Å². The van der Waals surface area contributed by atoms with Gasteiger partial charge in [-0.1, -0.05) is 74.0 Å². The van der Waals surface area contributed by atoms with Crippen molar-refractivity contribution in [1.82, 2.24) is 0 Å². The summed E-state index contributed by atoms with van der Waals surface area (Å²) in [4.78, 5) is 0. The van der Waals surface area contributed by atoms with Gasteiger partial charge < -0.3 is 0 Å². The highest BCUT2D eigenvalue weighted by atomic mass is 14.1. The van der Waals surface area contributed by atoms with Crippen molar-refractivity contribution in [1.29, 1.82) is 0 Å². The Morgan fingerprint density at radius 3 is 1.94 bits per heavy atom. The van der Waals surface area contributed by atoms with Gasteiger partial charge in [0.25, 0.3) is 0 Å². The predicted octanol–water partition coefficient (Wildman–Crippen LogP) is 4.89. The minimum Gasteiger partial charge on any atom is -0.0622 e. The largest absolute Gasteiger partial charge is 0.0622 e. The molecule has 1 atom stereocenters. The van der Waals surface area contributed by atoms with Gasteiger partial charge in [-0.25, -0.2) is 0 Å². The Morgan fingerprint density at radius 1 is 0.778 bits per heavy atom. The second-order valence-electron chi connectivity index (χ2n) is 5.17. The van der Waals surface area contributed by atoms with Gasteiger partial charge in [-0.05, 0) is 36.3 Å². The van der Waals surface area contributed by atoms with Gasteiger partial charge in [0, 0.05) is 0 Å². The summed E-state index contributed by atoms with van der Waals surface area (Å²) in [5.74, 6) is 0.774. The molecule has 0 aliphatic rings. The number of rotatable bonds is 6. The summed E-state index contributed by atoms with van der Waals surface area (Å²) in [5.41, 5.74) is 2.93. The molecule has 0 heterocycles. The standard InChI is InChI=1S/C18H22/c1-16(15-18-12-6-3-7-13-18)9-8-14-17-10-4-2-5-11-17/h2-7,10-13,16H,8-9,14-15H2,1H3. The van der Waals surface area contributed by atoms with E-state index in [1.165, 1.54) is 36.8 Å². The average Bonchev–Trinajstić information content (AvgIpc) is 2.41. The van der Waals surface area contributed by atoms with Gasteiger partial charge in [-0.3, -0.25) is 0 Å². The third-order valence-corrected chi connectivity index (χ3v) is 3.43. The molecule has 2 rings (SSSR count). The topological polar surface area (TPSA) is 0 Å². The molecule has 0 nitrogen and oxygen atoms in total. The van der Waals surface area contributed by atoms with Crippen LogP contribution in [0, 0.1) is 5.92 Å². The molecular weight excluding hydrogens is 216 g/mol. The summed E-state index contributed by atoms with van der Waals surface area (Å²) >= 11 is 0. The second kappa shape index (κ2) is 7.00. The molecule has 0 fully saturated rings. The maximum atomic E-state index is 2.36. The van der Waals surface area contributed by atoms with E-state index >= 15 is 0 Å². The van der Waals surface area contributed by atoms with E-state index in [-0.39, 0.29) is 0 Å². The van der Waals surface area contributed by atoms with Crippen LogP contribution in [-0.2, 0) is 12.8 Å². The normalized spacial score (nSPS) is 12.3. The molecule has 0 bridgehead atoms. The third-order valence-electron chi connectivity index (χ3n) is 3.43. The van der Waals surface area contributed by atoms with Crippen molar-refractivity contribution < 1.29 is 0 Å². The maximum Gasteiger partial charge on any atom is -0.0253 e. The molecule has 0 aliphatic heterocycles. The summed E-state index contributed by atoms with van der Waals surface area (Å²) in [6.45, 7) is 2.36. The molecule has 0 amide bonds. The van der Waals surface area contributed by atoms with Crippen LogP contribution in [0.4, 0.5) is 0 Å². The van der Waals surface area contributed by atoms with Gasteiger partial charge in [0.05, 0.1) is 0 Å². The molecule has 2 aromatic rings. The monoisotopic (exact) mass is 238 g/mol. The lowest BCUT2D eigenvalue weighted by molar-refractivity contribution is 0.508. The van der Waals surface area contributed by atoms with Crippen molar-refractivity contribution in [2.24, 2.45) is 5.92 Å². The van der Waals surface area contributed by atoms with Gasteiger partial charge >= 0.3 is 0 Å². The van der Waals surface area contributed by atoms with Crippen LogP contribution in [0.2, 0.25) is 0 Å². The Balaban J connectivity index is 1.71. The van der Waals surface area contributed by atoms with Gasteiger partial charge in [-0.15, -0.1) is 0 Å². The molecule has 0 N–H and O–H groups in total. The molecule has 2 aromatic carbocycles. The fourth-order valence-electron chi connectivity index (χ4n) is 2.42. The zero-order chi connectivity index (χ0) is 12.6. The first kappa shape index (κ1) is 12.9. The molecule has 0 saturated heterocycles. The smallest absolute Gasteiger partial charge is 0.0253 e. The lowest BCUT2D eigenvalue weighted by atomic mass is 9.95. The summed E-state index contributed by atoms with van der Waals surface area (Å²) in [6.07, 6.45) is 5.01. The van der Waals surface area contributed by atoms with Crippen LogP contribution < -0.4 is 0 Å². The van der Waals surface area contributed by atoms with Crippen LogP contribution in [0.5, 0.6) is 0 Å². The Morgan fingerprint density at radius 2 is 1.33 bits per heavy atom. The highest BCUT2D eigenvalue weighted by Crippen LogP contribution is 2.15. The molecule has 18 heavy (non-hydrogen) atoms. The van der Waals surface area contributed by atoms with Gasteiger partial charge in [-0.2, -0.15) is 0 Å². The molecule has 94 valence electrons. The molecular formula is C18H22. The first-order chi connectivity index (χ1) is 8.84. The Labute approximate surface area is 111 Å². The first-order valence-corrected chi connectivity index (χ1v) is 6.92. The number of aryl methyl sites for hydroxylation is 1. The quantitative estimate of drug-likeness (QED) is 0.672. The molecule has 0 heteroatoms.